The molecule has 0 aliphatic carbocycles. The summed E-state index contributed by atoms with van der Waals surface area (Å²) in [6.07, 6.45) is 2.31. The second-order valence-corrected chi connectivity index (χ2v) is 18.4. The molecule has 0 aliphatic rings. The second-order valence-electron chi connectivity index (χ2n) is 7.85. The Labute approximate surface area is 138 Å². The van der Waals surface area contributed by atoms with Crippen molar-refractivity contribution in [3.63, 3.8) is 0 Å². The molecule has 0 fully saturated rings. The molecular weight excluding hydrogens is 327 g/mol. The molecule has 1 heterocycles. The van der Waals surface area contributed by atoms with Crippen LogP contribution in [0, 0.1) is 13.8 Å². The van der Waals surface area contributed by atoms with Gasteiger partial charge in [0.1, 0.15) is 0 Å². The van der Waals surface area contributed by atoms with Gasteiger partial charge in [0, 0.05) is 0 Å². The van der Waals surface area contributed by atoms with Crippen molar-refractivity contribution >= 4 is 17.7 Å². The zero-order valence-electron chi connectivity index (χ0n) is 15.4. The maximum atomic E-state index is 2.48. The van der Waals surface area contributed by atoms with Crippen molar-refractivity contribution in [2.24, 2.45) is 7.05 Å². The fourth-order valence-corrected chi connectivity index (χ4v) is 6.95. The molecule has 22 heavy (non-hydrogen) atoms. The Balaban J connectivity index is 2.70. The summed E-state index contributed by atoms with van der Waals surface area (Å²) in [5, 5.41) is 0. The Morgan fingerprint density at radius 3 is 2.14 bits per heavy atom. The van der Waals surface area contributed by atoms with E-state index in [4.69, 9.17) is 0 Å². The third kappa shape index (κ3) is 3.45. The number of aryl methyl sites for hydroxylation is 3. The van der Waals surface area contributed by atoms with Gasteiger partial charge in [-0.25, -0.2) is 0 Å². The zero-order chi connectivity index (χ0) is 16.7. The molecule has 118 valence electrons. The van der Waals surface area contributed by atoms with Crippen LogP contribution in [0.3, 0.4) is 0 Å². The standard InChI is InChI=1S/C20H30GeN/c1-14(2)17-10-9-15(3)18(11-17)20-12-19(21(5,6)7)16(4)13-22(20)8/h9-14H,1-8H3/q+1. The Kier molecular flexibility index (Phi) is 4.86. The normalized spacial score (nSPS) is 12.0. The molecular formula is C20H30GeN+. The van der Waals surface area contributed by atoms with Crippen molar-refractivity contribution in [1.82, 2.24) is 0 Å². The predicted octanol–water partition coefficient (Wildman–Crippen LogP) is 4.46. The van der Waals surface area contributed by atoms with E-state index in [1.165, 1.54) is 27.9 Å². The molecule has 0 saturated heterocycles. The van der Waals surface area contributed by atoms with Crippen molar-refractivity contribution < 1.29 is 4.57 Å². The van der Waals surface area contributed by atoms with Gasteiger partial charge in [0.25, 0.3) is 0 Å². The molecule has 2 rings (SSSR count). The van der Waals surface area contributed by atoms with Gasteiger partial charge in [-0.3, -0.25) is 0 Å². The zero-order valence-corrected chi connectivity index (χ0v) is 17.5. The number of rotatable bonds is 3. The molecule has 0 atom stereocenters. The third-order valence-corrected chi connectivity index (χ3v) is 9.01. The molecule has 0 aliphatic heterocycles. The van der Waals surface area contributed by atoms with Crippen LogP contribution in [0.5, 0.6) is 0 Å². The summed E-state index contributed by atoms with van der Waals surface area (Å²) in [5.74, 6) is 7.99. The van der Waals surface area contributed by atoms with Gasteiger partial charge in [-0.2, -0.15) is 0 Å². The average Bonchev–Trinajstić information content (AvgIpc) is 2.38. The molecule has 2 aromatic rings. The van der Waals surface area contributed by atoms with Crippen LogP contribution in [-0.2, 0) is 7.05 Å². The van der Waals surface area contributed by atoms with E-state index >= 15 is 0 Å². The fourth-order valence-electron chi connectivity index (χ4n) is 3.13. The molecule has 1 aromatic carbocycles. The minimum atomic E-state index is -1.85. The molecule has 0 radical (unpaired) electrons. The molecule has 0 spiro atoms. The molecule has 0 amide bonds. The topological polar surface area (TPSA) is 3.88 Å². The summed E-state index contributed by atoms with van der Waals surface area (Å²) >= 11 is -1.85. The van der Waals surface area contributed by atoms with Crippen molar-refractivity contribution in [1.29, 1.82) is 0 Å². The Morgan fingerprint density at radius 1 is 0.955 bits per heavy atom. The van der Waals surface area contributed by atoms with Crippen LogP contribution in [0.25, 0.3) is 11.3 Å². The summed E-state index contributed by atoms with van der Waals surface area (Å²) in [4.78, 5) is 0. The summed E-state index contributed by atoms with van der Waals surface area (Å²) in [5.41, 5.74) is 6.94. The fraction of sp³-hybridized carbons (Fsp3) is 0.450. The molecule has 0 N–H and O–H groups in total. The van der Waals surface area contributed by atoms with Gasteiger partial charge in [-0.15, -0.1) is 0 Å². The number of hydrogen-bond donors (Lipinski definition) is 0. The third-order valence-electron chi connectivity index (χ3n) is 4.49. The maximum absolute atomic E-state index is 2.48. The Morgan fingerprint density at radius 2 is 1.59 bits per heavy atom. The predicted molar refractivity (Wildman–Crippen MR) is 99.6 cm³/mol. The van der Waals surface area contributed by atoms with E-state index in [0.29, 0.717) is 5.92 Å². The van der Waals surface area contributed by atoms with E-state index in [9.17, 15) is 0 Å². The Hall–Kier alpha value is -1.09. The van der Waals surface area contributed by atoms with E-state index in [1.54, 1.807) is 4.40 Å². The van der Waals surface area contributed by atoms with Crippen LogP contribution in [0.1, 0.15) is 36.5 Å². The number of hydrogen-bond acceptors (Lipinski definition) is 0. The van der Waals surface area contributed by atoms with Gasteiger partial charge >= 0.3 is 139 Å². The second kappa shape index (κ2) is 6.19. The SMILES string of the molecule is Cc1ccc(C(C)C)cc1-c1c[c]([Ge]([CH3])([CH3])[CH3])c(C)c[n+]1C. The van der Waals surface area contributed by atoms with Gasteiger partial charge in [-0.1, -0.05) is 0 Å². The van der Waals surface area contributed by atoms with Crippen molar-refractivity contribution in [3.8, 4) is 11.3 Å². The molecule has 1 nitrogen and oxygen atoms in total. The number of nitrogens with zero attached hydrogens (tertiary/aromatic N) is 1. The molecule has 0 bridgehead atoms. The van der Waals surface area contributed by atoms with Gasteiger partial charge in [-0.05, 0) is 0 Å². The summed E-state index contributed by atoms with van der Waals surface area (Å²) in [6, 6.07) is 9.37. The van der Waals surface area contributed by atoms with Crippen LogP contribution in [0.15, 0.2) is 30.5 Å². The first-order valence-corrected chi connectivity index (χ1v) is 15.6. The van der Waals surface area contributed by atoms with Crippen molar-refractivity contribution in [3.05, 3.63) is 47.2 Å². The quantitative estimate of drug-likeness (QED) is 0.564. The van der Waals surface area contributed by atoms with Crippen LogP contribution in [-0.4, -0.2) is 13.3 Å². The van der Waals surface area contributed by atoms with Gasteiger partial charge in [0.15, 0.2) is 0 Å². The van der Waals surface area contributed by atoms with Crippen LogP contribution in [0.4, 0.5) is 0 Å². The van der Waals surface area contributed by atoms with E-state index in [-0.39, 0.29) is 0 Å². The van der Waals surface area contributed by atoms with Gasteiger partial charge in [0.2, 0.25) is 0 Å². The number of pyridine rings is 1. The van der Waals surface area contributed by atoms with Gasteiger partial charge in [0.05, 0.1) is 0 Å². The number of benzene rings is 1. The van der Waals surface area contributed by atoms with E-state index in [1.807, 2.05) is 0 Å². The molecule has 1 aromatic heterocycles. The first-order valence-electron chi connectivity index (χ1n) is 8.23. The van der Waals surface area contributed by atoms with Crippen molar-refractivity contribution in [2.75, 3.05) is 0 Å². The minimum absolute atomic E-state index is 0.565. The summed E-state index contributed by atoms with van der Waals surface area (Å²) < 4.78 is 3.90. The van der Waals surface area contributed by atoms with E-state index in [2.05, 4.69) is 87.0 Å². The van der Waals surface area contributed by atoms with E-state index in [0.717, 1.165) is 0 Å². The average molecular weight is 357 g/mol. The Bertz CT molecular complexity index is 694. The van der Waals surface area contributed by atoms with Crippen molar-refractivity contribution in [2.45, 2.75) is 50.9 Å². The summed E-state index contributed by atoms with van der Waals surface area (Å²) in [6.45, 7) is 9.00. The molecule has 0 saturated carbocycles. The van der Waals surface area contributed by atoms with Gasteiger partial charge < -0.3 is 0 Å². The number of aromatic nitrogens is 1. The van der Waals surface area contributed by atoms with E-state index < -0.39 is 13.3 Å². The molecule has 0 unspecified atom stereocenters. The first kappa shape index (κ1) is 17.3. The first-order chi connectivity index (χ1) is 10.1. The summed E-state index contributed by atoms with van der Waals surface area (Å²) in [7, 11) is 2.17. The van der Waals surface area contributed by atoms with Crippen LogP contribution >= 0.6 is 0 Å². The van der Waals surface area contributed by atoms with Crippen LogP contribution in [0.2, 0.25) is 17.3 Å². The molecule has 2 heteroatoms. The van der Waals surface area contributed by atoms with Crippen LogP contribution < -0.4 is 8.96 Å². The monoisotopic (exact) mass is 358 g/mol.